The summed E-state index contributed by atoms with van der Waals surface area (Å²) in [5.41, 5.74) is 1.79. The number of benzene rings is 1. The molecule has 1 fully saturated rings. The molecular formula is C14H18O4. The fourth-order valence-electron chi connectivity index (χ4n) is 1.46. The lowest BCUT2D eigenvalue weighted by Gasteiger charge is -2.14. The van der Waals surface area contributed by atoms with Crippen LogP contribution in [0, 0.1) is 0 Å². The van der Waals surface area contributed by atoms with E-state index in [2.05, 4.69) is 4.74 Å². The highest BCUT2D eigenvalue weighted by Crippen LogP contribution is 2.24. The van der Waals surface area contributed by atoms with Crippen molar-refractivity contribution < 1.29 is 19.7 Å². The highest BCUT2D eigenvalue weighted by molar-refractivity contribution is 5.89. The number of ether oxygens (including phenoxy) is 1. The summed E-state index contributed by atoms with van der Waals surface area (Å²) in [5, 5.41) is 17.3. The molecule has 0 heterocycles. The molecule has 0 amide bonds. The van der Waals surface area contributed by atoms with Crippen LogP contribution in [0.3, 0.4) is 0 Å². The van der Waals surface area contributed by atoms with Gasteiger partial charge in [0.1, 0.15) is 5.75 Å². The van der Waals surface area contributed by atoms with Crippen LogP contribution in [0.1, 0.15) is 29.6 Å². The summed E-state index contributed by atoms with van der Waals surface area (Å²) in [6.45, 7) is 0.231. The minimum Gasteiger partial charge on any atom is -0.508 e. The molecule has 0 saturated heterocycles. The van der Waals surface area contributed by atoms with E-state index in [9.17, 15) is 4.79 Å². The third kappa shape index (κ3) is 4.59. The molecule has 0 atom stereocenters. The number of aliphatic hydroxyl groups excluding tert-OH is 1. The van der Waals surface area contributed by atoms with E-state index in [0.29, 0.717) is 5.56 Å². The zero-order valence-corrected chi connectivity index (χ0v) is 10.4. The van der Waals surface area contributed by atoms with Gasteiger partial charge in [0.2, 0.25) is 0 Å². The Morgan fingerprint density at radius 2 is 2.17 bits per heavy atom. The summed E-state index contributed by atoms with van der Waals surface area (Å²) < 4.78 is 4.44. The quantitative estimate of drug-likeness (QED) is 0.624. The maximum absolute atomic E-state index is 10.8. The summed E-state index contributed by atoms with van der Waals surface area (Å²) in [4.78, 5) is 10.8. The first-order valence-corrected chi connectivity index (χ1v) is 5.83. The Bertz CT molecular complexity index is 418. The lowest BCUT2D eigenvalue weighted by Crippen LogP contribution is -1.99. The summed E-state index contributed by atoms with van der Waals surface area (Å²) in [5.74, 6) is -0.381. The first-order valence-electron chi connectivity index (χ1n) is 5.83. The van der Waals surface area contributed by atoms with E-state index in [1.807, 2.05) is 6.08 Å². The average molecular weight is 250 g/mol. The van der Waals surface area contributed by atoms with Gasteiger partial charge in [-0.05, 0) is 37.5 Å². The van der Waals surface area contributed by atoms with Gasteiger partial charge in [-0.25, -0.2) is 4.79 Å². The fourth-order valence-corrected chi connectivity index (χ4v) is 1.46. The Kier molecular flexibility index (Phi) is 5.94. The van der Waals surface area contributed by atoms with Crippen LogP contribution in [0.25, 0.3) is 0 Å². The minimum absolute atomic E-state index is 0.0629. The molecule has 0 unspecified atom stereocenters. The van der Waals surface area contributed by atoms with Crippen LogP contribution in [0.4, 0.5) is 0 Å². The summed E-state index contributed by atoms with van der Waals surface area (Å²) in [6.07, 6.45) is 5.68. The van der Waals surface area contributed by atoms with Crippen LogP contribution < -0.4 is 0 Å². The molecule has 2 rings (SSSR count). The highest BCUT2D eigenvalue weighted by atomic mass is 16.5. The number of hydrogen-bond donors (Lipinski definition) is 2. The van der Waals surface area contributed by atoms with Crippen molar-refractivity contribution in [3.63, 3.8) is 0 Å². The van der Waals surface area contributed by atoms with Crippen LogP contribution in [0.2, 0.25) is 0 Å². The lowest BCUT2D eigenvalue weighted by molar-refractivity contribution is 0.0600. The third-order valence-corrected chi connectivity index (χ3v) is 2.64. The normalized spacial score (nSPS) is 12.9. The molecule has 0 bridgehead atoms. The van der Waals surface area contributed by atoms with Gasteiger partial charge in [0, 0.05) is 0 Å². The molecule has 1 saturated carbocycles. The Morgan fingerprint density at radius 1 is 1.44 bits per heavy atom. The first kappa shape index (κ1) is 14.3. The molecule has 0 aliphatic heterocycles. The fraction of sp³-hybridized carbons (Fsp3) is 0.357. The molecule has 1 aliphatic rings. The van der Waals surface area contributed by atoms with Gasteiger partial charge in [-0.3, -0.25) is 0 Å². The van der Waals surface area contributed by atoms with Crippen molar-refractivity contribution in [3.8, 4) is 5.75 Å². The molecule has 0 spiro atoms. The molecule has 18 heavy (non-hydrogen) atoms. The van der Waals surface area contributed by atoms with Crippen molar-refractivity contribution in [2.75, 3.05) is 13.7 Å². The van der Waals surface area contributed by atoms with Gasteiger partial charge < -0.3 is 14.9 Å². The van der Waals surface area contributed by atoms with Crippen LogP contribution in [-0.4, -0.2) is 29.9 Å². The van der Waals surface area contributed by atoms with E-state index in [1.54, 1.807) is 12.1 Å². The van der Waals surface area contributed by atoms with Crippen molar-refractivity contribution in [3.05, 3.63) is 41.5 Å². The van der Waals surface area contributed by atoms with Crippen molar-refractivity contribution in [1.29, 1.82) is 0 Å². The Morgan fingerprint density at radius 3 is 2.56 bits per heavy atom. The van der Waals surface area contributed by atoms with Crippen molar-refractivity contribution in [2.45, 2.75) is 19.3 Å². The Hall–Kier alpha value is -1.81. The maximum atomic E-state index is 10.8. The second kappa shape index (κ2) is 7.50. The minimum atomic E-state index is -0.444. The predicted molar refractivity (Wildman–Crippen MR) is 68.5 cm³/mol. The van der Waals surface area contributed by atoms with E-state index >= 15 is 0 Å². The average Bonchev–Trinajstić information content (AvgIpc) is 2.33. The Balaban J connectivity index is 0.000000199. The number of allylic oxidation sites excluding steroid dienone is 1. The maximum Gasteiger partial charge on any atom is 0.337 e. The highest BCUT2D eigenvalue weighted by Gasteiger charge is 2.05. The second-order valence-corrected chi connectivity index (χ2v) is 3.94. The van der Waals surface area contributed by atoms with Gasteiger partial charge in [-0.2, -0.15) is 0 Å². The Labute approximate surface area is 107 Å². The van der Waals surface area contributed by atoms with Gasteiger partial charge in [0.05, 0.1) is 19.3 Å². The molecule has 4 nitrogen and oxygen atoms in total. The number of phenols is 1. The molecule has 1 aromatic carbocycles. The number of esters is 1. The first-order chi connectivity index (χ1) is 8.67. The molecule has 2 N–H and O–H groups in total. The second-order valence-electron chi connectivity index (χ2n) is 3.94. The smallest absolute Gasteiger partial charge is 0.337 e. The van der Waals surface area contributed by atoms with Crippen LogP contribution >= 0.6 is 0 Å². The van der Waals surface area contributed by atoms with E-state index in [4.69, 9.17) is 10.2 Å². The third-order valence-electron chi connectivity index (χ3n) is 2.64. The van der Waals surface area contributed by atoms with E-state index in [1.165, 1.54) is 44.1 Å². The van der Waals surface area contributed by atoms with E-state index in [0.717, 1.165) is 0 Å². The molecule has 0 radical (unpaired) electrons. The van der Waals surface area contributed by atoms with Crippen molar-refractivity contribution in [1.82, 2.24) is 0 Å². The predicted octanol–water partition coefficient (Wildman–Crippen LogP) is 2.27. The summed E-state index contributed by atoms with van der Waals surface area (Å²) in [6, 6.07) is 6.01. The number of carbonyl (C=O) groups excluding carboxylic acids is 1. The number of phenolic OH excluding ortho intramolecular Hbond substituents is 1. The van der Waals surface area contributed by atoms with Crippen LogP contribution in [0.15, 0.2) is 35.9 Å². The van der Waals surface area contributed by atoms with Crippen molar-refractivity contribution in [2.24, 2.45) is 0 Å². The summed E-state index contributed by atoms with van der Waals surface area (Å²) >= 11 is 0. The van der Waals surface area contributed by atoms with E-state index < -0.39 is 5.97 Å². The number of methoxy groups -OCH3 is 1. The summed E-state index contributed by atoms with van der Waals surface area (Å²) in [7, 11) is 1.30. The zero-order valence-electron chi connectivity index (χ0n) is 10.4. The topological polar surface area (TPSA) is 66.8 Å². The molecule has 0 aromatic heterocycles. The zero-order chi connectivity index (χ0) is 13.4. The molecule has 1 aromatic rings. The molecule has 1 aliphatic carbocycles. The van der Waals surface area contributed by atoms with Crippen LogP contribution in [-0.2, 0) is 4.74 Å². The lowest BCUT2D eigenvalue weighted by atomic mass is 9.92. The monoisotopic (exact) mass is 250 g/mol. The van der Waals surface area contributed by atoms with Gasteiger partial charge in [-0.15, -0.1) is 0 Å². The van der Waals surface area contributed by atoms with Crippen LogP contribution in [0.5, 0.6) is 5.75 Å². The number of rotatable bonds is 2. The van der Waals surface area contributed by atoms with Gasteiger partial charge >= 0.3 is 5.97 Å². The number of aliphatic hydroxyl groups is 1. The van der Waals surface area contributed by atoms with Gasteiger partial charge in [0.25, 0.3) is 0 Å². The number of aromatic hydroxyl groups is 1. The van der Waals surface area contributed by atoms with E-state index in [-0.39, 0.29) is 12.4 Å². The number of hydrogen-bond acceptors (Lipinski definition) is 4. The standard InChI is InChI=1S/C8H8O3.C6H10O/c1-11-8(10)6-3-2-4-7(9)5-6;7-5-4-6-2-1-3-6/h2-5,9H,1H3;4,7H,1-3,5H2. The molecule has 4 heteroatoms. The van der Waals surface area contributed by atoms with Gasteiger partial charge in [-0.1, -0.05) is 17.7 Å². The number of carbonyl (C=O) groups is 1. The molecular weight excluding hydrogens is 232 g/mol. The SMILES string of the molecule is COC(=O)c1cccc(O)c1.OCC=C1CCC1. The molecule has 98 valence electrons. The van der Waals surface area contributed by atoms with Crippen molar-refractivity contribution >= 4 is 5.97 Å². The van der Waals surface area contributed by atoms with Gasteiger partial charge in [0.15, 0.2) is 0 Å². The largest absolute Gasteiger partial charge is 0.508 e.